The van der Waals surface area contributed by atoms with Crippen LogP contribution in [0.1, 0.15) is 5.56 Å². The smallest absolute Gasteiger partial charge is 0.0767 e. The first-order valence-corrected chi connectivity index (χ1v) is 7.54. The SMILES string of the molecule is Cc1c(Cl)ccc2c(N3CCNCC3)c(Br)cnc12.Cl. The third-order valence-corrected chi connectivity index (χ3v) is 4.58. The minimum absolute atomic E-state index is 0. The number of hydrogen-bond acceptors (Lipinski definition) is 3. The van der Waals surface area contributed by atoms with Gasteiger partial charge in [0, 0.05) is 42.8 Å². The molecular formula is C14H16BrCl2N3. The van der Waals surface area contributed by atoms with Crippen LogP contribution in [0.15, 0.2) is 22.8 Å². The minimum atomic E-state index is 0. The Labute approximate surface area is 138 Å². The van der Waals surface area contributed by atoms with Gasteiger partial charge in [-0.2, -0.15) is 0 Å². The fourth-order valence-corrected chi connectivity index (χ4v) is 3.27. The predicted molar refractivity (Wildman–Crippen MR) is 91.5 cm³/mol. The number of rotatable bonds is 1. The van der Waals surface area contributed by atoms with Gasteiger partial charge in [0.25, 0.3) is 0 Å². The zero-order valence-electron chi connectivity index (χ0n) is 11.1. The van der Waals surface area contributed by atoms with E-state index in [1.54, 1.807) is 0 Å². The van der Waals surface area contributed by atoms with Crippen molar-refractivity contribution < 1.29 is 0 Å². The Hall–Kier alpha value is -0.550. The molecule has 1 saturated heterocycles. The Kier molecular flexibility index (Phi) is 5.13. The fourth-order valence-electron chi connectivity index (χ4n) is 2.55. The summed E-state index contributed by atoms with van der Waals surface area (Å²) in [6.45, 7) is 6.08. The molecule has 1 aromatic heterocycles. The second-order valence-corrected chi connectivity index (χ2v) is 6.02. The van der Waals surface area contributed by atoms with Gasteiger partial charge in [-0.05, 0) is 40.5 Å². The lowest BCUT2D eigenvalue weighted by Crippen LogP contribution is -2.43. The number of piperazine rings is 1. The number of halogens is 3. The number of aromatic nitrogens is 1. The van der Waals surface area contributed by atoms with Gasteiger partial charge in [0.15, 0.2) is 0 Å². The van der Waals surface area contributed by atoms with Crippen molar-refractivity contribution >= 4 is 56.5 Å². The molecule has 108 valence electrons. The summed E-state index contributed by atoms with van der Waals surface area (Å²) >= 11 is 9.83. The lowest BCUT2D eigenvalue weighted by atomic mass is 10.1. The first kappa shape index (κ1) is 15.8. The first-order valence-electron chi connectivity index (χ1n) is 6.37. The van der Waals surface area contributed by atoms with Crippen molar-refractivity contribution in [1.82, 2.24) is 10.3 Å². The number of nitrogens with zero attached hydrogens (tertiary/aromatic N) is 2. The van der Waals surface area contributed by atoms with Crippen LogP contribution in [-0.2, 0) is 0 Å². The lowest BCUT2D eigenvalue weighted by molar-refractivity contribution is 0.589. The molecular weight excluding hydrogens is 361 g/mol. The number of anilines is 1. The summed E-state index contributed by atoms with van der Waals surface area (Å²) in [5.74, 6) is 0. The van der Waals surface area contributed by atoms with Crippen molar-refractivity contribution in [1.29, 1.82) is 0 Å². The normalized spacial score (nSPS) is 15.2. The molecule has 6 heteroatoms. The largest absolute Gasteiger partial charge is 0.367 e. The van der Waals surface area contributed by atoms with Gasteiger partial charge in [0.05, 0.1) is 15.7 Å². The molecule has 1 aliphatic rings. The Morgan fingerprint density at radius 1 is 1.30 bits per heavy atom. The van der Waals surface area contributed by atoms with E-state index in [1.807, 2.05) is 19.2 Å². The number of benzene rings is 1. The molecule has 0 spiro atoms. The molecule has 1 aliphatic heterocycles. The van der Waals surface area contributed by atoms with Gasteiger partial charge in [-0.1, -0.05) is 11.6 Å². The summed E-state index contributed by atoms with van der Waals surface area (Å²) in [5, 5.41) is 5.32. The predicted octanol–water partition coefficient (Wildman–Crippen LogP) is 3.79. The van der Waals surface area contributed by atoms with E-state index in [9.17, 15) is 0 Å². The van der Waals surface area contributed by atoms with Crippen LogP contribution in [0, 0.1) is 6.92 Å². The highest BCUT2D eigenvalue weighted by molar-refractivity contribution is 9.10. The molecule has 2 heterocycles. The van der Waals surface area contributed by atoms with Crippen molar-refractivity contribution in [2.24, 2.45) is 0 Å². The summed E-state index contributed by atoms with van der Waals surface area (Å²) in [7, 11) is 0. The van der Waals surface area contributed by atoms with E-state index in [1.165, 1.54) is 5.69 Å². The highest BCUT2D eigenvalue weighted by atomic mass is 79.9. The van der Waals surface area contributed by atoms with Crippen LogP contribution in [0.25, 0.3) is 10.9 Å². The van der Waals surface area contributed by atoms with E-state index in [4.69, 9.17) is 11.6 Å². The van der Waals surface area contributed by atoms with E-state index < -0.39 is 0 Å². The van der Waals surface area contributed by atoms with E-state index in [0.29, 0.717) is 0 Å². The van der Waals surface area contributed by atoms with Gasteiger partial charge in [-0.25, -0.2) is 0 Å². The molecule has 0 saturated carbocycles. The second kappa shape index (κ2) is 6.48. The molecule has 1 N–H and O–H groups in total. The first-order chi connectivity index (χ1) is 9.18. The molecule has 2 aromatic rings. The molecule has 0 amide bonds. The molecule has 20 heavy (non-hydrogen) atoms. The lowest BCUT2D eigenvalue weighted by Gasteiger charge is -2.31. The maximum absolute atomic E-state index is 6.19. The maximum atomic E-state index is 6.19. The zero-order chi connectivity index (χ0) is 13.4. The summed E-state index contributed by atoms with van der Waals surface area (Å²) in [6.07, 6.45) is 1.88. The van der Waals surface area contributed by atoms with Crippen molar-refractivity contribution in [3.8, 4) is 0 Å². The molecule has 0 aliphatic carbocycles. The van der Waals surface area contributed by atoms with Gasteiger partial charge in [-0.3, -0.25) is 4.98 Å². The third-order valence-electron chi connectivity index (χ3n) is 3.59. The Morgan fingerprint density at radius 2 is 2.00 bits per heavy atom. The summed E-state index contributed by atoms with van der Waals surface area (Å²) in [4.78, 5) is 6.92. The summed E-state index contributed by atoms with van der Waals surface area (Å²) in [5.41, 5.74) is 3.26. The third kappa shape index (κ3) is 2.75. The van der Waals surface area contributed by atoms with Crippen molar-refractivity contribution in [2.75, 3.05) is 31.1 Å². The summed E-state index contributed by atoms with van der Waals surface area (Å²) in [6, 6.07) is 4.03. The molecule has 3 nitrogen and oxygen atoms in total. The molecule has 1 aromatic carbocycles. The van der Waals surface area contributed by atoms with Crippen molar-refractivity contribution in [2.45, 2.75) is 6.92 Å². The van der Waals surface area contributed by atoms with E-state index in [2.05, 4.69) is 37.2 Å². The average Bonchev–Trinajstić information content (AvgIpc) is 2.44. The van der Waals surface area contributed by atoms with Crippen LogP contribution in [-0.4, -0.2) is 31.2 Å². The number of aryl methyl sites for hydroxylation is 1. The molecule has 0 atom stereocenters. The Balaban J connectivity index is 0.00000147. The highest BCUT2D eigenvalue weighted by Crippen LogP contribution is 2.36. The van der Waals surface area contributed by atoms with Crippen LogP contribution < -0.4 is 10.2 Å². The average molecular weight is 377 g/mol. The number of hydrogen-bond donors (Lipinski definition) is 1. The van der Waals surface area contributed by atoms with E-state index >= 15 is 0 Å². The molecule has 0 unspecified atom stereocenters. The molecule has 1 fully saturated rings. The van der Waals surface area contributed by atoms with E-state index in [-0.39, 0.29) is 12.4 Å². The molecule has 3 rings (SSSR count). The van der Waals surface area contributed by atoms with Crippen LogP contribution in [0.5, 0.6) is 0 Å². The zero-order valence-corrected chi connectivity index (χ0v) is 14.3. The minimum Gasteiger partial charge on any atom is -0.367 e. The van der Waals surface area contributed by atoms with Crippen LogP contribution in [0.3, 0.4) is 0 Å². The maximum Gasteiger partial charge on any atom is 0.0767 e. The number of pyridine rings is 1. The highest BCUT2D eigenvalue weighted by Gasteiger charge is 2.18. The van der Waals surface area contributed by atoms with Crippen LogP contribution in [0.4, 0.5) is 5.69 Å². The van der Waals surface area contributed by atoms with E-state index in [0.717, 1.165) is 52.1 Å². The monoisotopic (exact) mass is 375 g/mol. The Morgan fingerprint density at radius 3 is 2.70 bits per heavy atom. The summed E-state index contributed by atoms with van der Waals surface area (Å²) < 4.78 is 1.05. The second-order valence-electron chi connectivity index (χ2n) is 4.76. The van der Waals surface area contributed by atoms with Crippen molar-refractivity contribution in [3.63, 3.8) is 0 Å². The van der Waals surface area contributed by atoms with Gasteiger partial charge < -0.3 is 10.2 Å². The molecule has 0 bridgehead atoms. The number of fused-ring (bicyclic) bond motifs is 1. The quantitative estimate of drug-likeness (QED) is 0.820. The topological polar surface area (TPSA) is 28.2 Å². The van der Waals surface area contributed by atoms with Crippen LogP contribution >= 0.6 is 39.9 Å². The van der Waals surface area contributed by atoms with Gasteiger partial charge in [-0.15, -0.1) is 12.4 Å². The standard InChI is InChI=1S/C14H15BrClN3.ClH/c1-9-12(16)3-2-10-13(9)18-8-11(15)14(10)19-6-4-17-5-7-19;/h2-3,8,17H,4-7H2,1H3;1H. The van der Waals surface area contributed by atoms with Gasteiger partial charge in [0.1, 0.15) is 0 Å². The molecule has 0 radical (unpaired) electrons. The van der Waals surface area contributed by atoms with Gasteiger partial charge >= 0.3 is 0 Å². The number of nitrogens with one attached hydrogen (secondary N) is 1. The van der Waals surface area contributed by atoms with Gasteiger partial charge in [0.2, 0.25) is 0 Å². The van der Waals surface area contributed by atoms with Crippen molar-refractivity contribution in [3.05, 3.63) is 33.4 Å². The Bertz CT molecular complexity index is 627. The fraction of sp³-hybridized carbons (Fsp3) is 0.357. The van der Waals surface area contributed by atoms with Crippen LogP contribution in [0.2, 0.25) is 5.02 Å².